The highest BCUT2D eigenvalue weighted by molar-refractivity contribution is 7.89. The molecule has 0 spiro atoms. The molecule has 1 fully saturated rings. The summed E-state index contributed by atoms with van der Waals surface area (Å²) in [7, 11) is -1.66. The maximum atomic E-state index is 12.4. The maximum absolute atomic E-state index is 12.4. The van der Waals surface area contributed by atoms with Gasteiger partial charge in [0.05, 0.1) is 13.2 Å². The minimum absolute atomic E-state index is 0.296. The molecule has 1 aromatic rings. The van der Waals surface area contributed by atoms with E-state index < -0.39 is 10.0 Å². The molecule has 1 aliphatic heterocycles. The van der Waals surface area contributed by atoms with Crippen molar-refractivity contribution in [2.75, 3.05) is 32.8 Å². The molecule has 0 amide bonds. The van der Waals surface area contributed by atoms with E-state index >= 15 is 0 Å². The van der Waals surface area contributed by atoms with Gasteiger partial charge in [-0.3, -0.25) is 0 Å². The number of hydrazine groups is 1. The van der Waals surface area contributed by atoms with Gasteiger partial charge in [-0.25, -0.2) is 13.4 Å². The van der Waals surface area contributed by atoms with Crippen molar-refractivity contribution in [2.45, 2.75) is 24.8 Å². The Morgan fingerprint density at radius 2 is 2.05 bits per heavy atom. The maximum Gasteiger partial charge on any atom is 0.254 e. The van der Waals surface area contributed by atoms with E-state index in [9.17, 15) is 8.42 Å². The fraction of sp³-hybridized carbons (Fsp3) is 0.692. The van der Waals surface area contributed by atoms with Gasteiger partial charge in [-0.1, -0.05) is 6.92 Å². The van der Waals surface area contributed by atoms with Gasteiger partial charge in [0.15, 0.2) is 0 Å². The number of aryl methyl sites for hydroxylation is 1. The second-order valence-corrected chi connectivity index (χ2v) is 6.81. The Morgan fingerprint density at radius 3 is 2.71 bits per heavy atom. The first-order valence-electron chi connectivity index (χ1n) is 7.24. The topological polar surface area (TPSA) is 75.6 Å². The lowest BCUT2D eigenvalue weighted by Gasteiger charge is -2.26. The predicted molar refractivity (Wildman–Crippen MR) is 80.1 cm³/mol. The molecule has 0 aliphatic carbocycles. The summed E-state index contributed by atoms with van der Waals surface area (Å²) in [6.07, 6.45) is 2.69. The van der Waals surface area contributed by atoms with Gasteiger partial charge >= 0.3 is 0 Å². The molecule has 1 aliphatic rings. The van der Waals surface area contributed by atoms with Crippen molar-refractivity contribution in [3.8, 4) is 0 Å². The van der Waals surface area contributed by atoms with E-state index in [1.54, 1.807) is 17.3 Å². The van der Waals surface area contributed by atoms with E-state index in [1.807, 2.05) is 11.6 Å². The first-order chi connectivity index (χ1) is 10.0. The number of morpholine rings is 1. The second kappa shape index (κ2) is 7.37. The molecule has 2 heterocycles. The molecule has 1 aromatic heterocycles. The van der Waals surface area contributed by atoms with Crippen LogP contribution in [0.25, 0.3) is 0 Å². The van der Waals surface area contributed by atoms with Crippen molar-refractivity contribution in [1.29, 1.82) is 0 Å². The van der Waals surface area contributed by atoms with Crippen molar-refractivity contribution in [1.82, 2.24) is 19.7 Å². The molecule has 0 radical (unpaired) electrons. The number of sulfonamides is 1. The summed E-state index contributed by atoms with van der Waals surface area (Å²) in [5.41, 5.74) is 0.950. The highest BCUT2D eigenvalue weighted by atomic mass is 32.2. The first-order valence-corrected chi connectivity index (χ1v) is 8.72. The molecule has 8 heteroatoms. The fourth-order valence-corrected chi connectivity index (χ4v) is 3.39. The van der Waals surface area contributed by atoms with Gasteiger partial charge in [0.2, 0.25) is 0 Å². The molecule has 0 aromatic carbocycles. The molecule has 0 bridgehead atoms. The highest BCUT2D eigenvalue weighted by Crippen LogP contribution is 2.14. The van der Waals surface area contributed by atoms with E-state index in [0.29, 0.717) is 37.7 Å². The number of nitrogens with zero attached hydrogens (tertiary/aromatic N) is 2. The summed E-state index contributed by atoms with van der Waals surface area (Å²) in [6.45, 7) is 5.90. The number of hydrogen-bond donors (Lipinski definition) is 2. The van der Waals surface area contributed by atoms with E-state index in [4.69, 9.17) is 4.74 Å². The smallest absolute Gasteiger partial charge is 0.254 e. The Balaban J connectivity index is 2.03. The standard InChI is InChI=1S/C13H24N4O3S/c1-3-4-14-10-12-9-13(11-16(12)2)21(18,19)15-17-5-7-20-8-6-17/h9,11,14-15H,3-8,10H2,1-2H3. The summed E-state index contributed by atoms with van der Waals surface area (Å²) in [4.78, 5) is 2.91. The largest absolute Gasteiger partial charge is 0.379 e. The normalized spacial score (nSPS) is 17.2. The van der Waals surface area contributed by atoms with Crippen molar-refractivity contribution >= 4 is 10.0 Å². The summed E-state index contributed by atoms with van der Waals surface area (Å²) < 4.78 is 31.8. The zero-order valence-corrected chi connectivity index (χ0v) is 13.4. The lowest BCUT2D eigenvalue weighted by molar-refractivity contribution is 0.0272. The summed E-state index contributed by atoms with van der Waals surface area (Å²) in [5.74, 6) is 0. The van der Waals surface area contributed by atoms with Crippen LogP contribution in [0.1, 0.15) is 19.0 Å². The van der Waals surface area contributed by atoms with Gasteiger partial charge in [0, 0.05) is 38.6 Å². The predicted octanol–water partition coefficient (Wildman–Crippen LogP) is 0.0502. The molecule has 21 heavy (non-hydrogen) atoms. The second-order valence-electron chi connectivity index (χ2n) is 5.15. The van der Waals surface area contributed by atoms with Crippen molar-refractivity contribution < 1.29 is 13.2 Å². The molecule has 1 saturated heterocycles. The van der Waals surface area contributed by atoms with Crippen molar-refractivity contribution in [3.63, 3.8) is 0 Å². The molecule has 7 nitrogen and oxygen atoms in total. The summed E-state index contributed by atoms with van der Waals surface area (Å²) >= 11 is 0. The molecule has 2 rings (SSSR count). The van der Waals surface area contributed by atoms with Crippen LogP contribution in [0.5, 0.6) is 0 Å². The van der Waals surface area contributed by atoms with Crippen LogP contribution in [0, 0.1) is 0 Å². The van der Waals surface area contributed by atoms with Crippen LogP contribution in [0.2, 0.25) is 0 Å². The minimum Gasteiger partial charge on any atom is -0.379 e. The molecular weight excluding hydrogens is 292 g/mol. The Kier molecular flexibility index (Phi) is 5.77. The minimum atomic E-state index is -3.52. The SMILES string of the molecule is CCCNCc1cc(S(=O)(=O)NN2CCOCC2)cn1C. The van der Waals surface area contributed by atoms with Crippen LogP contribution in [-0.2, 0) is 28.4 Å². The Labute approximate surface area is 126 Å². The number of hydrogen-bond acceptors (Lipinski definition) is 5. The van der Waals surface area contributed by atoms with Gasteiger partial charge < -0.3 is 14.6 Å². The Hall–Kier alpha value is -0.930. The molecule has 0 saturated carbocycles. The van der Waals surface area contributed by atoms with Gasteiger partial charge in [-0.2, -0.15) is 0 Å². The molecule has 120 valence electrons. The highest BCUT2D eigenvalue weighted by Gasteiger charge is 2.22. The molecule has 0 unspecified atom stereocenters. The third kappa shape index (κ3) is 4.52. The van der Waals surface area contributed by atoms with E-state index in [0.717, 1.165) is 18.7 Å². The average Bonchev–Trinajstić information content (AvgIpc) is 2.82. The fourth-order valence-electron chi connectivity index (χ4n) is 2.17. The van der Waals surface area contributed by atoms with Crippen molar-refractivity contribution in [3.05, 3.63) is 18.0 Å². The Morgan fingerprint density at radius 1 is 1.33 bits per heavy atom. The van der Waals surface area contributed by atoms with Crippen LogP contribution >= 0.6 is 0 Å². The summed E-state index contributed by atoms with van der Waals surface area (Å²) in [6, 6.07) is 1.71. The third-order valence-corrected chi connectivity index (χ3v) is 4.73. The van der Waals surface area contributed by atoms with Crippen LogP contribution in [-0.4, -0.2) is 50.8 Å². The van der Waals surface area contributed by atoms with Crippen LogP contribution in [0.15, 0.2) is 17.2 Å². The third-order valence-electron chi connectivity index (χ3n) is 3.39. The van der Waals surface area contributed by atoms with Crippen LogP contribution in [0.4, 0.5) is 0 Å². The van der Waals surface area contributed by atoms with E-state index in [2.05, 4.69) is 17.1 Å². The van der Waals surface area contributed by atoms with Gasteiger partial charge in [-0.05, 0) is 19.0 Å². The molecular formula is C13H24N4O3S. The number of ether oxygens (including phenoxy) is 1. The van der Waals surface area contributed by atoms with Gasteiger partial charge in [-0.15, -0.1) is 4.83 Å². The Bertz CT molecular complexity index is 550. The number of nitrogens with one attached hydrogen (secondary N) is 2. The van der Waals surface area contributed by atoms with Crippen LogP contribution < -0.4 is 10.1 Å². The number of rotatable bonds is 7. The van der Waals surface area contributed by atoms with E-state index in [1.165, 1.54) is 0 Å². The lowest BCUT2D eigenvalue weighted by Crippen LogP contribution is -2.48. The summed E-state index contributed by atoms with van der Waals surface area (Å²) in [5, 5.41) is 4.96. The average molecular weight is 316 g/mol. The quantitative estimate of drug-likeness (QED) is 0.695. The first kappa shape index (κ1) is 16.4. The monoisotopic (exact) mass is 316 g/mol. The molecule has 2 N–H and O–H groups in total. The van der Waals surface area contributed by atoms with Gasteiger partial charge in [0.1, 0.15) is 4.90 Å². The lowest BCUT2D eigenvalue weighted by atomic mass is 10.4. The zero-order valence-electron chi connectivity index (χ0n) is 12.6. The van der Waals surface area contributed by atoms with Gasteiger partial charge in [0.25, 0.3) is 10.0 Å². The zero-order chi connectivity index (χ0) is 15.3. The van der Waals surface area contributed by atoms with Crippen molar-refractivity contribution in [2.24, 2.45) is 7.05 Å². The van der Waals surface area contributed by atoms with Crippen LogP contribution in [0.3, 0.4) is 0 Å². The molecule has 0 atom stereocenters. The number of aromatic nitrogens is 1. The van der Waals surface area contributed by atoms with E-state index in [-0.39, 0.29) is 0 Å².